The van der Waals surface area contributed by atoms with Gasteiger partial charge in [0, 0.05) is 36.9 Å². The molecule has 0 heterocycles. The van der Waals surface area contributed by atoms with Gasteiger partial charge in [0.25, 0.3) is 0 Å². The third kappa shape index (κ3) is 18.4. The van der Waals surface area contributed by atoms with Crippen molar-refractivity contribution in [3.8, 4) is 6.07 Å². The Morgan fingerprint density at radius 2 is 1.48 bits per heavy atom. The molecule has 0 saturated carbocycles. The quantitative estimate of drug-likeness (QED) is 0.628. The number of rotatable bonds is 4. The minimum Gasteiger partial charge on any atom is 0 e. The van der Waals surface area contributed by atoms with E-state index in [0.717, 1.165) is 13.1 Å². The Hall–Kier alpha value is -1.58. The van der Waals surface area contributed by atoms with Crippen molar-refractivity contribution in [1.29, 1.82) is 5.26 Å². The fourth-order valence-electron chi connectivity index (χ4n) is 1.33. The molecule has 5 nitrogen and oxygen atoms in total. The first-order valence-electron chi connectivity index (χ1n) is 5.44. The maximum atomic E-state index is 8.44. The van der Waals surface area contributed by atoms with Gasteiger partial charge in [-0.05, 0) is 19.5 Å². The van der Waals surface area contributed by atoms with Crippen molar-refractivity contribution in [2.24, 2.45) is 0 Å². The summed E-state index contributed by atoms with van der Waals surface area (Å²) in [5.74, 6) is 0. The minimum absolute atomic E-state index is 0. The van der Waals surface area contributed by atoms with Crippen LogP contribution in [0.4, 0.5) is 0 Å². The summed E-state index contributed by atoms with van der Waals surface area (Å²) in [7, 11) is 2.04. The molecule has 0 spiro atoms. The third-order valence-corrected chi connectivity index (χ3v) is 2.18. The van der Waals surface area contributed by atoms with E-state index in [1.807, 2.05) is 7.05 Å². The normalized spacial score (nSPS) is 7.05. The zero-order chi connectivity index (χ0) is 16.4. The predicted octanol–water partition coefficient (Wildman–Crippen LogP) is 2.23. The molecule has 0 aromatic heterocycles. The summed E-state index contributed by atoms with van der Waals surface area (Å²) in [6.45, 7) is 17.3. The standard InChI is InChI=1S/C12H16N2.3CO.Cr/c1-11-4-6-12(7-5-11)10-14(2)9-3-8-13;3*1-2;/h4-7H,3,9-10H2,1-2H3;;;;. The molecule has 0 fully saturated rings. The Kier molecular flexibility index (Phi) is 31.0. The molecule has 21 heavy (non-hydrogen) atoms. The molecule has 0 atom stereocenters. The monoisotopic (exact) mass is 324 g/mol. The van der Waals surface area contributed by atoms with Crippen LogP contribution in [0.5, 0.6) is 0 Å². The van der Waals surface area contributed by atoms with Crippen LogP contribution in [-0.2, 0) is 37.9 Å². The van der Waals surface area contributed by atoms with E-state index in [1.54, 1.807) is 0 Å². The second-order valence-corrected chi connectivity index (χ2v) is 3.63. The van der Waals surface area contributed by atoms with Crippen molar-refractivity contribution in [2.75, 3.05) is 13.6 Å². The molecule has 1 rings (SSSR count). The molecule has 110 valence electrons. The van der Waals surface area contributed by atoms with E-state index in [1.165, 1.54) is 11.1 Å². The van der Waals surface area contributed by atoms with Crippen LogP contribution in [0.3, 0.4) is 0 Å². The van der Waals surface area contributed by atoms with Crippen LogP contribution in [0, 0.1) is 38.2 Å². The minimum atomic E-state index is 0. The maximum absolute atomic E-state index is 8.44. The second-order valence-electron chi connectivity index (χ2n) is 3.63. The maximum Gasteiger partial charge on any atom is 0 e. The summed E-state index contributed by atoms with van der Waals surface area (Å²) in [5, 5.41) is 8.44. The van der Waals surface area contributed by atoms with Crippen LogP contribution >= 0.6 is 0 Å². The molecular weight excluding hydrogens is 308 g/mol. The molecule has 0 saturated heterocycles. The van der Waals surface area contributed by atoms with E-state index in [2.05, 4.69) is 62.1 Å². The van der Waals surface area contributed by atoms with Crippen LogP contribution in [-0.4, -0.2) is 18.5 Å². The average molecular weight is 324 g/mol. The molecule has 0 aliphatic carbocycles. The molecule has 0 unspecified atom stereocenters. The van der Waals surface area contributed by atoms with Gasteiger partial charge in [-0.25, -0.2) is 0 Å². The molecule has 1 aromatic carbocycles. The van der Waals surface area contributed by atoms with Crippen molar-refractivity contribution in [2.45, 2.75) is 19.9 Å². The van der Waals surface area contributed by atoms with Gasteiger partial charge >= 0.3 is 33.9 Å². The molecular formula is C15H16CrN2O3. The van der Waals surface area contributed by atoms with E-state index >= 15 is 0 Å². The molecule has 0 N–H and O–H groups in total. The van der Waals surface area contributed by atoms with Gasteiger partial charge in [0.05, 0.1) is 6.07 Å². The van der Waals surface area contributed by atoms with Crippen LogP contribution in [0.25, 0.3) is 0 Å². The summed E-state index contributed by atoms with van der Waals surface area (Å²) in [5.41, 5.74) is 2.59. The molecule has 1 aromatic rings. The molecule has 6 heteroatoms. The Balaban J connectivity index is -0.000000183. The predicted molar refractivity (Wildman–Crippen MR) is 69.5 cm³/mol. The molecule has 0 aliphatic heterocycles. The Morgan fingerprint density at radius 1 is 1.05 bits per heavy atom. The number of aryl methyl sites for hydroxylation is 1. The number of nitriles is 1. The van der Waals surface area contributed by atoms with Gasteiger partial charge in [0.2, 0.25) is 0 Å². The van der Waals surface area contributed by atoms with E-state index in [-0.39, 0.29) is 17.4 Å². The SMILES string of the molecule is Cc1ccc(CN(C)CCC#N)cc1.[C-]#[O+].[C-]#[O+].[C-]#[O+].[Cr]. The molecule has 0 radical (unpaired) electrons. The van der Waals surface area contributed by atoms with Crippen LogP contribution in [0.15, 0.2) is 24.3 Å². The first-order valence-corrected chi connectivity index (χ1v) is 5.44. The van der Waals surface area contributed by atoms with Crippen molar-refractivity contribution >= 4 is 0 Å². The smallest absolute Gasteiger partial charge is 0 e. The Morgan fingerprint density at radius 3 is 1.86 bits per heavy atom. The summed E-state index contributed by atoms with van der Waals surface area (Å²) in [4.78, 5) is 2.16. The number of benzene rings is 1. The number of hydrogen-bond donors (Lipinski definition) is 0. The van der Waals surface area contributed by atoms with E-state index in [9.17, 15) is 0 Å². The van der Waals surface area contributed by atoms with Gasteiger partial charge in [-0.3, -0.25) is 0 Å². The van der Waals surface area contributed by atoms with Crippen LogP contribution in [0.2, 0.25) is 0 Å². The Bertz CT molecular complexity index is 419. The zero-order valence-electron chi connectivity index (χ0n) is 12.0. The summed E-state index contributed by atoms with van der Waals surface area (Å²) < 4.78 is 22.5. The zero-order valence-corrected chi connectivity index (χ0v) is 13.2. The molecule has 0 amide bonds. The fourth-order valence-corrected chi connectivity index (χ4v) is 1.33. The fraction of sp³-hybridized carbons (Fsp3) is 0.333. The topological polar surface area (TPSA) is 86.7 Å². The van der Waals surface area contributed by atoms with E-state index < -0.39 is 0 Å². The van der Waals surface area contributed by atoms with Gasteiger partial charge in [0.1, 0.15) is 0 Å². The summed E-state index contributed by atoms with van der Waals surface area (Å²) in [6.07, 6.45) is 0.600. The van der Waals surface area contributed by atoms with Gasteiger partial charge in [-0.15, -0.1) is 0 Å². The second kappa shape index (κ2) is 23.5. The van der Waals surface area contributed by atoms with Crippen LogP contribution < -0.4 is 0 Å². The van der Waals surface area contributed by atoms with E-state index in [0.29, 0.717) is 6.42 Å². The molecule has 0 bridgehead atoms. The third-order valence-electron chi connectivity index (χ3n) is 2.18. The molecule has 0 aliphatic rings. The first-order chi connectivity index (χ1) is 9.72. The van der Waals surface area contributed by atoms with Gasteiger partial charge in [0.15, 0.2) is 0 Å². The Labute approximate surface area is 136 Å². The summed E-state index contributed by atoms with van der Waals surface area (Å²) >= 11 is 0. The van der Waals surface area contributed by atoms with Crippen molar-refractivity contribution in [3.63, 3.8) is 0 Å². The van der Waals surface area contributed by atoms with Gasteiger partial charge in [-0.1, -0.05) is 29.8 Å². The first kappa shape index (κ1) is 27.7. The van der Waals surface area contributed by atoms with E-state index in [4.69, 9.17) is 19.2 Å². The van der Waals surface area contributed by atoms with Crippen molar-refractivity contribution in [3.05, 3.63) is 55.3 Å². The van der Waals surface area contributed by atoms with Crippen molar-refractivity contribution in [1.82, 2.24) is 4.90 Å². The average Bonchev–Trinajstić information content (AvgIpc) is 2.53. The number of nitrogens with zero attached hydrogens (tertiary/aromatic N) is 2. The number of hydrogen-bond acceptors (Lipinski definition) is 2. The van der Waals surface area contributed by atoms with Gasteiger partial charge < -0.3 is 4.90 Å². The van der Waals surface area contributed by atoms with Crippen molar-refractivity contribution < 1.29 is 31.3 Å². The summed E-state index contributed by atoms with van der Waals surface area (Å²) in [6, 6.07) is 10.7. The largest absolute Gasteiger partial charge is 0 e. The van der Waals surface area contributed by atoms with Crippen LogP contribution in [0.1, 0.15) is 17.5 Å². The van der Waals surface area contributed by atoms with Gasteiger partial charge in [-0.2, -0.15) is 5.26 Å².